The summed E-state index contributed by atoms with van der Waals surface area (Å²) in [7, 11) is -1.09. The molecule has 23 heavy (non-hydrogen) atoms. The van der Waals surface area contributed by atoms with E-state index in [9.17, 15) is 4.79 Å². The molecule has 0 aromatic carbocycles. The molecular formula is C19H38BrO2P. The number of esters is 1. The summed E-state index contributed by atoms with van der Waals surface area (Å²) in [5, 5.41) is 0. The molecule has 0 fully saturated rings. The molecule has 4 heteroatoms. The Hall–Kier alpha value is 0.120. The SMILES string of the molecule is C=C(C[P+](CCCC)(CCCC)CCCCC)C(=O)OCC.[Br-]. The van der Waals surface area contributed by atoms with E-state index >= 15 is 0 Å². The van der Waals surface area contributed by atoms with Crippen LogP contribution < -0.4 is 17.0 Å². The van der Waals surface area contributed by atoms with Gasteiger partial charge in [0.25, 0.3) is 0 Å². The molecule has 0 rings (SSSR count). The van der Waals surface area contributed by atoms with E-state index in [1.807, 2.05) is 6.92 Å². The highest BCUT2D eigenvalue weighted by Crippen LogP contribution is 2.61. The zero-order chi connectivity index (χ0) is 16.8. The van der Waals surface area contributed by atoms with Crippen molar-refractivity contribution in [3.8, 4) is 0 Å². The molecule has 0 saturated carbocycles. The zero-order valence-electron chi connectivity index (χ0n) is 15.8. The molecule has 0 atom stereocenters. The Kier molecular flexibility index (Phi) is 17.2. The highest BCUT2D eigenvalue weighted by atomic mass is 79.9. The van der Waals surface area contributed by atoms with E-state index in [2.05, 4.69) is 27.4 Å². The molecular weight excluding hydrogens is 371 g/mol. The minimum atomic E-state index is -1.09. The van der Waals surface area contributed by atoms with Gasteiger partial charge in [0, 0.05) is 7.26 Å². The number of carbonyl (C=O) groups is 1. The normalized spacial score (nSPS) is 11.0. The van der Waals surface area contributed by atoms with Crippen LogP contribution in [0.1, 0.15) is 72.6 Å². The second kappa shape index (κ2) is 15.6. The van der Waals surface area contributed by atoms with Crippen molar-refractivity contribution in [3.63, 3.8) is 0 Å². The van der Waals surface area contributed by atoms with Crippen molar-refractivity contribution in [2.75, 3.05) is 31.3 Å². The van der Waals surface area contributed by atoms with Crippen LogP contribution in [0.25, 0.3) is 0 Å². The van der Waals surface area contributed by atoms with Gasteiger partial charge < -0.3 is 21.7 Å². The van der Waals surface area contributed by atoms with Gasteiger partial charge in [-0.1, -0.05) is 53.0 Å². The predicted molar refractivity (Wildman–Crippen MR) is 102 cm³/mol. The van der Waals surface area contributed by atoms with Crippen LogP contribution in [0.2, 0.25) is 0 Å². The minimum Gasteiger partial charge on any atom is -1.00 e. The van der Waals surface area contributed by atoms with Crippen LogP contribution in [0, 0.1) is 0 Å². The van der Waals surface area contributed by atoms with E-state index in [4.69, 9.17) is 4.74 Å². The van der Waals surface area contributed by atoms with Crippen molar-refractivity contribution in [1.29, 1.82) is 0 Å². The first kappa shape index (κ1) is 25.4. The Morgan fingerprint density at radius 3 is 1.78 bits per heavy atom. The van der Waals surface area contributed by atoms with E-state index in [0.29, 0.717) is 6.61 Å². The fraction of sp³-hybridized carbons (Fsp3) is 0.842. The summed E-state index contributed by atoms with van der Waals surface area (Å²) in [4.78, 5) is 12.0. The first-order valence-corrected chi connectivity index (χ1v) is 11.8. The zero-order valence-corrected chi connectivity index (χ0v) is 18.3. The lowest BCUT2D eigenvalue weighted by Gasteiger charge is -2.28. The average molecular weight is 409 g/mol. The number of carbonyl (C=O) groups excluding carboxylic acids is 1. The molecule has 0 radical (unpaired) electrons. The molecule has 0 saturated heterocycles. The molecule has 138 valence electrons. The van der Waals surface area contributed by atoms with Crippen molar-refractivity contribution >= 4 is 13.2 Å². The number of hydrogen-bond acceptors (Lipinski definition) is 2. The molecule has 0 heterocycles. The van der Waals surface area contributed by atoms with Crippen molar-refractivity contribution in [1.82, 2.24) is 0 Å². The van der Waals surface area contributed by atoms with E-state index < -0.39 is 7.26 Å². The molecule has 0 aromatic heterocycles. The number of hydrogen-bond donors (Lipinski definition) is 0. The number of unbranched alkanes of at least 4 members (excludes halogenated alkanes) is 4. The lowest BCUT2D eigenvalue weighted by Crippen LogP contribution is -3.00. The lowest BCUT2D eigenvalue weighted by atomic mass is 10.3. The Morgan fingerprint density at radius 2 is 1.35 bits per heavy atom. The van der Waals surface area contributed by atoms with Gasteiger partial charge in [0.05, 0.1) is 36.8 Å². The monoisotopic (exact) mass is 408 g/mol. The van der Waals surface area contributed by atoms with Crippen molar-refractivity contribution in [3.05, 3.63) is 12.2 Å². The van der Waals surface area contributed by atoms with Gasteiger partial charge in [-0.15, -0.1) is 0 Å². The largest absolute Gasteiger partial charge is 1.00 e. The van der Waals surface area contributed by atoms with Crippen LogP contribution >= 0.6 is 7.26 Å². The van der Waals surface area contributed by atoms with Gasteiger partial charge in [-0.3, -0.25) is 0 Å². The van der Waals surface area contributed by atoms with E-state index in [1.165, 1.54) is 63.4 Å². The third kappa shape index (κ3) is 11.3. The Morgan fingerprint density at radius 1 is 0.870 bits per heavy atom. The summed E-state index contributed by atoms with van der Waals surface area (Å²) in [6.45, 7) is 13.2. The smallest absolute Gasteiger partial charge is 0.337 e. The molecule has 0 aliphatic rings. The van der Waals surface area contributed by atoms with Gasteiger partial charge in [0.15, 0.2) is 0 Å². The second-order valence-corrected chi connectivity index (χ2v) is 10.7. The fourth-order valence-electron chi connectivity index (χ4n) is 2.96. The maximum absolute atomic E-state index is 12.0. The standard InChI is InChI=1S/C19H38O2P.BrH/c1-6-10-13-16-22(14-11-7-2,15-12-8-3)17-18(5)19(20)21-9-4;/h5-17H2,1-4H3;1H/q+1;/p-1. The van der Waals surface area contributed by atoms with Gasteiger partial charge in [0.1, 0.15) is 0 Å². The molecule has 0 aliphatic carbocycles. The van der Waals surface area contributed by atoms with Crippen LogP contribution in [0.4, 0.5) is 0 Å². The van der Waals surface area contributed by atoms with Crippen molar-refractivity contribution in [2.45, 2.75) is 72.6 Å². The molecule has 0 bridgehead atoms. The van der Waals surface area contributed by atoms with Gasteiger partial charge >= 0.3 is 5.97 Å². The molecule has 0 unspecified atom stereocenters. The van der Waals surface area contributed by atoms with E-state index in [1.54, 1.807) is 0 Å². The van der Waals surface area contributed by atoms with Crippen LogP contribution in [-0.4, -0.2) is 37.2 Å². The van der Waals surface area contributed by atoms with Crippen molar-refractivity contribution < 1.29 is 26.5 Å². The third-order valence-electron chi connectivity index (χ3n) is 4.30. The first-order valence-electron chi connectivity index (χ1n) is 9.25. The molecule has 0 amide bonds. The van der Waals surface area contributed by atoms with Gasteiger partial charge in [-0.25, -0.2) is 4.79 Å². The highest BCUT2D eigenvalue weighted by molar-refractivity contribution is 7.76. The highest BCUT2D eigenvalue weighted by Gasteiger charge is 2.37. The van der Waals surface area contributed by atoms with Crippen LogP contribution in [0.15, 0.2) is 12.2 Å². The summed E-state index contributed by atoms with van der Waals surface area (Å²) in [6.07, 6.45) is 13.9. The topological polar surface area (TPSA) is 26.3 Å². The number of halogens is 1. The third-order valence-corrected chi connectivity index (χ3v) is 9.15. The Balaban J connectivity index is 0. The van der Waals surface area contributed by atoms with Crippen LogP contribution in [0.3, 0.4) is 0 Å². The maximum atomic E-state index is 12.0. The number of rotatable bonds is 14. The fourth-order valence-corrected chi connectivity index (χ4v) is 7.91. The van der Waals surface area contributed by atoms with Crippen LogP contribution in [0.5, 0.6) is 0 Å². The Bertz CT molecular complexity index is 310. The van der Waals surface area contributed by atoms with Crippen LogP contribution in [-0.2, 0) is 9.53 Å². The maximum Gasteiger partial charge on any atom is 0.337 e. The first-order chi connectivity index (χ1) is 10.5. The molecule has 0 spiro atoms. The molecule has 2 nitrogen and oxygen atoms in total. The average Bonchev–Trinajstić information content (AvgIpc) is 2.51. The van der Waals surface area contributed by atoms with E-state index in [0.717, 1.165) is 11.7 Å². The summed E-state index contributed by atoms with van der Waals surface area (Å²) < 4.78 is 5.16. The molecule has 0 aliphatic heterocycles. The number of ether oxygens (including phenoxy) is 1. The lowest BCUT2D eigenvalue weighted by molar-refractivity contribution is -0.138. The van der Waals surface area contributed by atoms with Gasteiger partial charge in [0.2, 0.25) is 0 Å². The van der Waals surface area contributed by atoms with Gasteiger partial charge in [-0.05, 0) is 26.2 Å². The quantitative estimate of drug-likeness (QED) is 0.191. The second-order valence-electron chi connectivity index (χ2n) is 6.41. The van der Waals surface area contributed by atoms with Crippen molar-refractivity contribution in [2.24, 2.45) is 0 Å². The summed E-state index contributed by atoms with van der Waals surface area (Å²) in [5.41, 5.74) is 0.721. The van der Waals surface area contributed by atoms with E-state index in [-0.39, 0.29) is 23.0 Å². The summed E-state index contributed by atoms with van der Waals surface area (Å²) in [6, 6.07) is 0. The predicted octanol–water partition coefficient (Wildman–Crippen LogP) is 2.92. The molecule has 0 N–H and O–H groups in total. The summed E-state index contributed by atoms with van der Waals surface area (Å²) >= 11 is 0. The molecule has 0 aromatic rings. The van der Waals surface area contributed by atoms with Gasteiger partial charge in [-0.2, -0.15) is 0 Å². The Labute approximate surface area is 155 Å². The minimum absolute atomic E-state index is 0. The summed E-state index contributed by atoms with van der Waals surface area (Å²) in [5.74, 6) is -0.171.